The van der Waals surface area contributed by atoms with Crippen molar-refractivity contribution in [1.82, 2.24) is 0 Å². The van der Waals surface area contributed by atoms with Crippen LogP contribution in [0.15, 0.2) is 40.6 Å². The van der Waals surface area contributed by atoms with Gasteiger partial charge in [-0.1, -0.05) is 43.0 Å². The second-order valence-electron chi connectivity index (χ2n) is 3.10. The quantitative estimate of drug-likeness (QED) is 0.682. The minimum Gasteiger partial charge on any atom is -0.471 e. The van der Waals surface area contributed by atoms with Gasteiger partial charge in [0.15, 0.2) is 0 Å². The van der Waals surface area contributed by atoms with E-state index >= 15 is 0 Å². The molecule has 0 aliphatic carbocycles. The summed E-state index contributed by atoms with van der Waals surface area (Å²) in [5.41, 5.74) is 1.46. The fourth-order valence-corrected chi connectivity index (χ4v) is 2.31. The molecule has 2 nitrogen and oxygen atoms in total. The van der Waals surface area contributed by atoms with Gasteiger partial charge in [-0.15, -0.1) is 0 Å². The Balaban J connectivity index is 0.000000245. The van der Waals surface area contributed by atoms with E-state index in [0.717, 1.165) is 0 Å². The number of carbonyl (C=O) groups is 1. The van der Waals surface area contributed by atoms with E-state index in [1.807, 2.05) is 11.8 Å². The zero-order chi connectivity index (χ0) is 11.1. The Hall–Kier alpha value is -1.22. The van der Waals surface area contributed by atoms with Crippen molar-refractivity contribution in [2.24, 2.45) is 0 Å². The van der Waals surface area contributed by atoms with Gasteiger partial charge in [-0.2, -0.15) is 0 Å². The summed E-state index contributed by atoms with van der Waals surface area (Å²) in [5, 5.41) is 2.17. The van der Waals surface area contributed by atoms with Crippen LogP contribution >= 0.6 is 11.8 Å². The van der Waals surface area contributed by atoms with Crippen LogP contribution in [0.2, 0.25) is 0 Å². The lowest BCUT2D eigenvalue weighted by molar-refractivity contribution is -0.126. The van der Waals surface area contributed by atoms with Gasteiger partial charge >= 0.3 is 0 Å². The monoisotopic (exact) mass is 222 g/mol. The summed E-state index contributed by atoms with van der Waals surface area (Å²) in [7, 11) is 1.31. The molecule has 1 unspecified atom stereocenters. The third kappa shape index (κ3) is 3.44. The summed E-state index contributed by atoms with van der Waals surface area (Å²) in [6, 6.07) is 8.59. The largest absolute Gasteiger partial charge is 0.471 e. The lowest BCUT2D eigenvalue weighted by atomic mass is 10.0. The highest BCUT2D eigenvalue weighted by atomic mass is 32.2. The predicted octanol–water partition coefficient (Wildman–Crippen LogP) is 3.20. The first kappa shape index (κ1) is 11.9. The van der Waals surface area contributed by atoms with Crippen LogP contribution in [0.1, 0.15) is 18.4 Å². The van der Waals surface area contributed by atoms with Crippen molar-refractivity contribution in [3.63, 3.8) is 0 Å². The molecule has 1 aromatic carbocycles. The van der Waals surface area contributed by atoms with Crippen LogP contribution < -0.4 is 0 Å². The minimum atomic E-state index is 0.375. The van der Waals surface area contributed by atoms with Gasteiger partial charge in [-0.25, -0.2) is 0 Å². The van der Waals surface area contributed by atoms with Crippen LogP contribution in [0.25, 0.3) is 0 Å². The molecule has 1 aliphatic heterocycles. The number of hydrogen-bond acceptors (Lipinski definition) is 3. The number of fused-ring (bicyclic) bond motifs is 1. The van der Waals surface area contributed by atoms with E-state index in [4.69, 9.17) is 4.79 Å². The van der Waals surface area contributed by atoms with Crippen molar-refractivity contribution in [1.29, 1.82) is 0 Å². The maximum Gasteiger partial charge on any atom is 0.292 e. The van der Waals surface area contributed by atoms with Crippen LogP contribution in [0, 0.1) is 0 Å². The maximum atomic E-state index is 8.95. The molecule has 0 spiro atoms. The Labute approximate surface area is 94.3 Å². The standard InChI is InChI=1S/C10H10S.C2H4O2/c1-8-6-7-11-10-5-3-2-4-9(8)10;1-4-2-3/h2-8H,1H3;2H,1H3. The number of rotatable bonds is 1. The van der Waals surface area contributed by atoms with Crippen LogP contribution in [-0.2, 0) is 9.53 Å². The number of methoxy groups -OCH3 is 1. The SMILES string of the molecule is CC1C=CSc2ccccc21.COC=O. The van der Waals surface area contributed by atoms with Gasteiger partial charge in [-0.05, 0) is 17.0 Å². The fraction of sp³-hybridized carbons (Fsp3) is 0.250. The van der Waals surface area contributed by atoms with Crippen LogP contribution in [0.5, 0.6) is 0 Å². The lowest BCUT2D eigenvalue weighted by Crippen LogP contribution is -1.94. The summed E-state index contributed by atoms with van der Waals surface area (Å²) in [6.45, 7) is 2.61. The molecule has 1 atom stereocenters. The molecule has 0 saturated carbocycles. The Morgan fingerprint density at radius 3 is 2.67 bits per heavy atom. The molecule has 15 heavy (non-hydrogen) atoms. The molecular formula is C12H14O2S. The second-order valence-corrected chi connectivity index (χ2v) is 4.05. The number of benzene rings is 1. The topological polar surface area (TPSA) is 26.3 Å². The highest BCUT2D eigenvalue weighted by molar-refractivity contribution is 8.02. The van der Waals surface area contributed by atoms with Crippen molar-refractivity contribution in [3.05, 3.63) is 41.3 Å². The summed E-state index contributed by atoms with van der Waals surface area (Å²) in [5.74, 6) is 0.590. The van der Waals surface area contributed by atoms with Gasteiger partial charge in [-0.3, -0.25) is 4.79 Å². The number of thioether (sulfide) groups is 1. The minimum absolute atomic E-state index is 0.375. The van der Waals surface area contributed by atoms with Crippen LogP contribution in [-0.4, -0.2) is 13.6 Å². The average Bonchev–Trinajstić information content (AvgIpc) is 2.30. The zero-order valence-corrected chi connectivity index (χ0v) is 9.66. The van der Waals surface area contributed by atoms with E-state index in [2.05, 4.69) is 47.4 Å². The first-order chi connectivity index (χ1) is 7.29. The van der Waals surface area contributed by atoms with E-state index in [0.29, 0.717) is 12.4 Å². The fourth-order valence-electron chi connectivity index (χ4n) is 1.30. The summed E-state index contributed by atoms with van der Waals surface area (Å²) in [6.07, 6.45) is 2.24. The highest BCUT2D eigenvalue weighted by Crippen LogP contribution is 2.34. The number of ether oxygens (including phenoxy) is 1. The van der Waals surface area contributed by atoms with Gasteiger partial charge in [0.25, 0.3) is 6.47 Å². The van der Waals surface area contributed by atoms with Crippen molar-refractivity contribution in [3.8, 4) is 0 Å². The Morgan fingerprint density at radius 1 is 1.40 bits per heavy atom. The number of hydrogen-bond donors (Lipinski definition) is 0. The molecule has 3 heteroatoms. The van der Waals surface area contributed by atoms with E-state index in [1.165, 1.54) is 17.6 Å². The Bertz CT molecular complexity index is 347. The molecule has 1 aromatic rings. The van der Waals surface area contributed by atoms with Crippen molar-refractivity contribution in [2.75, 3.05) is 7.11 Å². The van der Waals surface area contributed by atoms with Crippen molar-refractivity contribution >= 4 is 18.2 Å². The number of carbonyl (C=O) groups excluding carboxylic acids is 1. The molecule has 0 fully saturated rings. The van der Waals surface area contributed by atoms with E-state index in [1.54, 1.807) is 0 Å². The van der Waals surface area contributed by atoms with Gasteiger partial charge in [0.1, 0.15) is 0 Å². The van der Waals surface area contributed by atoms with Gasteiger partial charge in [0.05, 0.1) is 7.11 Å². The molecule has 0 saturated heterocycles. The zero-order valence-electron chi connectivity index (χ0n) is 8.84. The number of allylic oxidation sites excluding steroid dienone is 1. The molecular weight excluding hydrogens is 208 g/mol. The van der Waals surface area contributed by atoms with Gasteiger partial charge in [0.2, 0.25) is 0 Å². The Morgan fingerprint density at radius 2 is 2.07 bits per heavy atom. The lowest BCUT2D eigenvalue weighted by Gasteiger charge is -2.15. The summed E-state index contributed by atoms with van der Waals surface area (Å²) >= 11 is 1.81. The van der Waals surface area contributed by atoms with Crippen LogP contribution in [0.3, 0.4) is 0 Å². The molecule has 0 N–H and O–H groups in total. The second kappa shape index (κ2) is 6.30. The van der Waals surface area contributed by atoms with Crippen molar-refractivity contribution in [2.45, 2.75) is 17.7 Å². The van der Waals surface area contributed by atoms with Gasteiger partial charge < -0.3 is 4.74 Å². The third-order valence-corrected chi connectivity index (χ3v) is 2.99. The molecule has 0 amide bonds. The first-order valence-corrected chi connectivity index (χ1v) is 5.56. The smallest absolute Gasteiger partial charge is 0.292 e. The van der Waals surface area contributed by atoms with E-state index < -0.39 is 0 Å². The molecule has 80 valence electrons. The van der Waals surface area contributed by atoms with Gasteiger partial charge in [0, 0.05) is 10.8 Å². The molecule has 1 heterocycles. The molecule has 1 aliphatic rings. The predicted molar refractivity (Wildman–Crippen MR) is 62.9 cm³/mol. The molecule has 0 bridgehead atoms. The van der Waals surface area contributed by atoms with Crippen LogP contribution in [0.4, 0.5) is 0 Å². The summed E-state index contributed by atoms with van der Waals surface area (Å²) in [4.78, 5) is 10.4. The molecule has 0 radical (unpaired) electrons. The third-order valence-electron chi connectivity index (χ3n) is 2.07. The molecule has 0 aromatic heterocycles. The summed E-state index contributed by atoms with van der Waals surface area (Å²) < 4.78 is 3.86. The highest BCUT2D eigenvalue weighted by Gasteiger charge is 2.10. The molecule has 2 rings (SSSR count). The van der Waals surface area contributed by atoms with Crippen molar-refractivity contribution < 1.29 is 9.53 Å². The van der Waals surface area contributed by atoms with E-state index in [-0.39, 0.29) is 0 Å². The average molecular weight is 222 g/mol. The Kier molecular flexibility index (Phi) is 4.98. The normalized spacial score (nSPS) is 17.1. The first-order valence-electron chi connectivity index (χ1n) is 4.68. The van der Waals surface area contributed by atoms with E-state index in [9.17, 15) is 0 Å². The maximum absolute atomic E-state index is 8.95.